The molecular weight excluding hydrogens is 282 g/mol. The van der Waals surface area contributed by atoms with E-state index in [4.69, 9.17) is 4.74 Å². The second-order valence-corrected chi connectivity index (χ2v) is 3.80. The highest BCUT2D eigenvalue weighted by atomic mass is 79.9. The molecule has 0 bridgehead atoms. The number of nitrogens with one attached hydrogen (secondary N) is 1. The predicted octanol–water partition coefficient (Wildman–Crippen LogP) is 4.23. The molecule has 17 heavy (non-hydrogen) atoms. The van der Waals surface area contributed by atoms with Crippen LogP contribution >= 0.6 is 15.9 Å². The van der Waals surface area contributed by atoms with Crippen LogP contribution < -0.4 is 0 Å². The number of carbonyl (C=O) groups is 1. The number of carbonyl (C=O) groups excluding carboxylic acids is 1. The minimum absolute atomic E-state index is 0.353. The summed E-state index contributed by atoms with van der Waals surface area (Å²) in [4.78, 5) is 14.3. The Hall–Kier alpha value is -1.29. The summed E-state index contributed by atoms with van der Waals surface area (Å²) < 4.78 is 5.55. The average molecular weight is 300 g/mol. The van der Waals surface area contributed by atoms with E-state index >= 15 is 0 Å². The van der Waals surface area contributed by atoms with Gasteiger partial charge in [0.25, 0.3) is 0 Å². The fourth-order valence-electron chi connectivity index (χ4n) is 1.17. The zero-order chi connectivity index (χ0) is 13.4. The normalized spacial score (nSPS) is 8.94. The van der Waals surface area contributed by atoms with Crippen LogP contribution in [0, 0.1) is 0 Å². The molecule has 1 aromatic rings. The molecule has 0 radical (unpaired) electrons. The van der Waals surface area contributed by atoms with Gasteiger partial charge in [-0.2, -0.15) is 0 Å². The molecular formula is C13H18BrNO2. The molecule has 94 valence electrons. The lowest BCUT2D eigenvalue weighted by Gasteiger charge is -1.98. The third-order valence-electron chi connectivity index (χ3n) is 1.83. The molecule has 0 unspecified atom stereocenters. The zero-order valence-corrected chi connectivity index (χ0v) is 12.1. The Morgan fingerprint density at radius 3 is 2.53 bits per heavy atom. The van der Waals surface area contributed by atoms with Gasteiger partial charge in [0.1, 0.15) is 5.69 Å². The highest BCUT2D eigenvalue weighted by Crippen LogP contribution is 2.24. The lowest BCUT2D eigenvalue weighted by atomic mass is 10.2. The Labute approximate surface area is 111 Å². The van der Waals surface area contributed by atoms with Crippen LogP contribution in [0.3, 0.4) is 0 Å². The average Bonchev–Trinajstić information content (AvgIpc) is 2.76. The smallest absolute Gasteiger partial charge is 0.354 e. The minimum atomic E-state index is -0.374. The summed E-state index contributed by atoms with van der Waals surface area (Å²) in [5, 5.41) is 0. The number of hydrogen-bond acceptors (Lipinski definition) is 2. The molecule has 0 spiro atoms. The Morgan fingerprint density at radius 2 is 2.18 bits per heavy atom. The van der Waals surface area contributed by atoms with Gasteiger partial charge in [-0.3, -0.25) is 0 Å². The van der Waals surface area contributed by atoms with Crippen LogP contribution in [0.2, 0.25) is 0 Å². The topological polar surface area (TPSA) is 42.1 Å². The van der Waals surface area contributed by atoms with Crippen LogP contribution in [0.25, 0.3) is 10.6 Å². The van der Waals surface area contributed by atoms with Crippen molar-refractivity contribution in [3.8, 4) is 0 Å². The van der Waals surface area contributed by atoms with Crippen molar-refractivity contribution in [2.75, 3.05) is 6.61 Å². The standard InChI is InChI=1S/C11H12BrNO2.C2H6/c1-4-8-6-9(11(14)15-5-2)13-10(8)7(3)12;1-2/h4,6,13H,1,3,5H2,2H3;1-2H3. The molecule has 3 nitrogen and oxygen atoms in total. The summed E-state index contributed by atoms with van der Waals surface area (Å²) >= 11 is 3.25. The lowest BCUT2D eigenvalue weighted by molar-refractivity contribution is 0.0520. The van der Waals surface area contributed by atoms with Crippen LogP contribution in [0.1, 0.15) is 42.5 Å². The Bertz CT molecular complexity index is 408. The number of H-pyrrole nitrogens is 1. The van der Waals surface area contributed by atoms with Gasteiger partial charge in [0.15, 0.2) is 0 Å². The van der Waals surface area contributed by atoms with Crippen molar-refractivity contribution < 1.29 is 9.53 Å². The summed E-state index contributed by atoms with van der Waals surface area (Å²) in [7, 11) is 0. The van der Waals surface area contributed by atoms with Gasteiger partial charge in [-0.1, -0.05) is 33.1 Å². The molecule has 0 atom stereocenters. The van der Waals surface area contributed by atoms with Crippen LogP contribution in [-0.4, -0.2) is 17.6 Å². The first-order chi connectivity index (χ1) is 8.10. The van der Waals surface area contributed by atoms with Gasteiger partial charge in [0.05, 0.1) is 12.3 Å². The van der Waals surface area contributed by atoms with E-state index in [1.54, 1.807) is 19.1 Å². The maximum atomic E-state index is 11.4. The predicted molar refractivity (Wildman–Crippen MR) is 76.1 cm³/mol. The van der Waals surface area contributed by atoms with E-state index in [1.165, 1.54) is 0 Å². The van der Waals surface area contributed by atoms with E-state index in [2.05, 4.69) is 34.1 Å². The van der Waals surface area contributed by atoms with Gasteiger partial charge in [0.2, 0.25) is 0 Å². The van der Waals surface area contributed by atoms with Gasteiger partial charge < -0.3 is 9.72 Å². The number of halogens is 1. The molecule has 1 aromatic heterocycles. The number of esters is 1. The fraction of sp³-hybridized carbons (Fsp3) is 0.308. The molecule has 0 saturated carbocycles. The van der Waals surface area contributed by atoms with Crippen molar-refractivity contribution in [2.24, 2.45) is 0 Å². The Kier molecular flexibility index (Phi) is 7.30. The van der Waals surface area contributed by atoms with Gasteiger partial charge in [-0.15, -0.1) is 0 Å². The quantitative estimate of drug-likeness (QED) is 0.846. The van der Waals surface area contributed by atoms with E-state index in [9.17, 15) is 4.79 Å². The number of hydrogen-bond donors (Lipinski definition) is 1. The van der Waals surface area contributed by atoms with Crippen molar-refractivity contribution in [1.82, 2.24) is 4.98 Å². The molecule has 0 saturated heterocycles. The zero-order valence-electron chi connectivity index (χ0n) is 10.5. The second kappa shape index (κ2) is 7.90. The van der Waals surface area contributed by atoms with Crippen molar-refractivity contribution in [1.29, 1.82) is 0 Å². The first-order valence-corrected chi connectivity index (χ1v) is 6.26. The monoisotopic (exact) mass is 299 g/mol. The summed E-state index contributed by atoms with van der Waals surface area (Å²) in [6.07, 6.45) is 1.65. The van der Waals surface area contributed by atoms with Crippen LogP contribution in [0.15, 0.2) is 19.2 Å². The van der Waals surface area contributed by atoms with Crippen LogP contribution in [0.4, 0.5) is 0 Å². The van der Waals surface area contributed by atoms with Crippen LogP contribution in [0.5, 0.6) is 0 Å². The largest absolute Gasteiger partial charge is 0.461 e. The summed E-state index contributed by atoms with van der Waals surface area (Å²) in [5.41, 5.74) is 1.97. The third kappa shape index (κ3) is 4.23. The Balaban J connectivity index is 0.00000121. The van der Waals surface area contributed by atoms with E-state index in [1.807, 2.05) is 13.8 Å². The maximum absolute atomic E-state index is 11.4. The number of aromatic amines is 1. The maximum Gasteiger partial charge on any atom is 0.354 e. The van der Waals surface area contributed by atoms with Gasteiger partial charge >= 0.3 is 5.97 Å². The highest BCUT2D eigenvalue weighted by molar-refractivity contribution is 9.15. The summed E-state index contributed by atoms with van der Waals surface area (Å²) in [6.45, 7) is 13.5. The molecule has 0 aromatic carbocycles. The molecule has 1 N–H and O–H groups in total. The second-order valence-electron chi connectivity index (χ2n) is 2.84. The van der Waals surface area contributed by atoms with E-state index in [-0.39, 0.29) is 5.97 Å². The highest BCUT2D eigenvalue weighted by Gasteiger charge is 2.13. The minimum Gasteiger partial charge on any atom is -0.461 e. The third-order valence-corrected chi connectivity index (χ3v) is 2.23. The van der Waals surface area contributed by atoms with E-state index < -0.39 is 0 Å². The first-order valence-electron chi connectivity index (χ1n) is 5.47. The van der Waals surface area contributed by atoms with Crippen molar-refractivity contribution in [3.63, 3.8) is 0 Å². The molecule has 0 aliphatic carbocycles. The van der Waals surface area contributed by atoms with Gasteiger partial charge in [0, 0.05) is 10.0 Å². The first kappa shape index (κ1) is 15.7. The van der Waals surface area contributed by atoms with Gasteiger partial charge in [-0.25, -0.2) is 4.79 Å². The number of ether oxygens (including phenoxy) is 1. The fourth-order valence-corrected chi connectivity index (χ4v) is 1.50. The molecule has 0 aliphatic rings. The van der Waals surface area contributed by atoms with Crippen molar-refractivity contribution in [2.45, 2.75) is 20.8 Å². The molecule has 0 fully saturated rings. The molecule has 0 aliphatic heterocycles. The molecule has 4 heteroatoms. The SMILES string of the molecule is C=Cc1cc(C(=O)OCC)[nH]c1C(=C)Br.CC. The van der Waals surface area contributed by atoms with Crippen LogP contribution in [-0.2, 0) is 4.74 Å². The Morgan fingerprint density at radius 1 is 1.59 bits per heavy atom. The molecule has 0 amide bonds. The van der Waals surface area contributed by atoms with Gasteiger partial charge in [-0.05, 0) is 28.9 Å². The summed E-state index contributed by atoms with van der Waals surface area (Å²) in [5.74, 6) is -0.374. The molecule has 1 heterocycles. The lowest BCUT2D eigenvalue weighted by Crippen LogP contribution is -2.04. The van der Waals surface area contributed by atoms with Crippen molar-refractivity contribution >= 4 is 32.5 Å². The van der Waals surface area contributed by atoms with Crippen molar-refractivity contribution in [3.05, 3.63) is 36.2 Å². The molecule has 1 rings (SSSR count). The number of aromatic nitrogens is 1. The summed E-state index contributed by atoms with van der Waals surface area (Å²) in [6, 6.07) is 1.69. The van der Waals surface area contributed by atoms with E-state index in [0.717, 1.165) is 11.3 Å². The van der Waals surface area contributed by atoms with E-state index in [0.29, 0.717) is 16.8 Å². The number of rotatable bonds is 4.